The third-order valence-electron chi connectivity index (χ3n) is 3.61. The molecular weight excluding hydrogens is 366 g/mol. The molecule has 1 aromatic heterocycles. The van der Waals surface area contributed by atoms with Crippen molar-refractivity contribution in [1.29, 1.82) is 0 Å². The number of rotatable bonds is 9. The van der Waals surface area contributed by atoms with E-state index in [9.17, 15) is 0 Å². The van der Waals surface area contributed by atoms with Crippen LogP contribution in [0.25, 0.3) is 11.8 Å². The van der Waals surface area contributed by atoms with Gasteiger partial charge in [0, 0.05) is 17.3 Å². The first kappa shape index (κ1) is 18.6. The first-order valence-corrected chi connectivity index (χ1v) is 9.79. The maximum Gasteiger partial charge on any atom is 0.214 e. The predicted octanol–water partition coefficient (Wildman–Crippen LogP) is 4.10. The highest BCUT2D eigenvalue weighted by molar-refractivity contribution is 7.99. The molecule has 1 heterocycles. The molecule has 0 spiro atoms. The van der Waals surface area contributed by atoms with Gasteiger partial charge in [-0.1, -0.05) is 65.8 Å². The smallest absolute Gasteiger partial charge is 0.214 e. The molecule has 7 heteroatoms. The minimum absolute atomic E-state index is 0.760. The van der Waals surface area contributed by atoms with Crippen molar-refractivity contribution in [3.05, 3.63) is 71.3 Å². The van der Waals surface area contributed by atoms with Gasteiger partial charge in [0.25, 0.3) is 0 Å². The quantitative estimate of drug-likeness (QED) is 0.444. The summed E-state index contributed by atoms with van der Waals surface area (Å²) in [5, 5.41) is 16.9. The van der Waals surface area contributed by atoms with Crippen molar-refractivity contribution in [3.63, 3.8) is 0 Å². The SMILES string of the molecule is Clc1ccc(/C=C/CNCCCSc2nnnn2-c2ccccc2)cc1. The zero-order valence-electron chi connectivity index (χ0n) is 14.3. The fourth-order valence-corrected chi connectivity index (χ4v) is 3.27. The molecule has 26 heavy (non-hydrogen) atoms. The van der Waals surface area contributed by atoms with Crippen LogP contribution >= 0.6 is 23.4 Å². The summed E-state index contributed by atoms with van der Waals surface area (Å²) in [6.45, 7) is 1.79. The summed E-state index contributed by atoms with van der Waals surface area (Å²) in [7, 11) is 0. The van der Waals surface area contributed by atoms with Crippen LogP contribution in [0.3, 0.4) is 0 Å². The Bertz CT molecular complexity index is 817. The second-order valence-corrected chi connectivity index (χ2v) is 7.07. The average molecular weight is 386 g/mol. The number of nitrogens with zero attached hydrogens (tertiary/aromatic N) is 4. The summed E-state index contributed by atoms with van der Waals surface area (Å²) in [5.74, 6) is 0.959. The van der Waals surface area contributed by atoms with Gasteiger partial charge in [-0.15, -0.1) is 5.10 Å². The van der Waals surface area contributed by atoms with Crippen LogP contribution < -0.4 is 5.32 Å². The van der Waals surface area contributed by atoms with Gasteiger partial charge in [-0.25, -0.2) is 0 Å². The summed E-state index contributed by atoms with van der Waals surface area (Å²) in [4.78, 5) is 0. The minimum Gasteiger partial charge on any atom is -0.313 e. The van der Waals surface area contributed by atoms with Crippen molar-refractivity contribution in [2.45, 2.75) is 11.6 Å². The second kappa shape index (κ2) is 10.1. The molecule has 0 saturated carbocycles. The van der Waals surface area contributed by atoms with Crippen LogP contribution in [0.15, 0.2) is 65.8 Å². The summed E-state index contributed by atoms with van der Waals surface area (Å²) in [6, 6.07) is 17.7. The zero-order chi connectivity index (χ0) is 18.0. The molecule has 0 aliphatic carbocycles. The maximum absolute atomic E-state index is 5.87. The fourth-order valence-electron chi connectivity index (χ4n) is 2.32. The van der Waals surface area contributed by atoms with E-state index in [-0.39, 0.29) is 0 Å². The highest BCUT2D eigenvalue weighted by Gasteiger charge is 2.07. The lowest BCUT2D eigenvalue weighted by Gasteiger charge is -2.04. The molecule has 0 aliphatic heterocycles. The molecule has 0 aliphatic rings. The lowest BCUT2D eigenvalue weighted by molar-refractivity contribution is 0.731. The molecule has 2 aromatic carbocycles. The molecule has 0 amide bonds. The van der Waals surface area contributed by atoms with Crippen molar-refractivity contribution < 1.29 is 0 Å². The average Bonchev–Trinajstić information content (AvgIpc) is 3.14. The van der Waals surface area contributed by atoms with Crippen LogP contribution in [0.1, 0.15) is 12.0 Å². The highest BCUT2D eigenvalue weighted by atomic mass is 35.5. The second-order valence-electron chi connectivity index (χ2n) is 5.57. The van der Waals surface area contributed by atoms with E-state index in [0.717, 1.165) is 46.7 Å². The van der Waals surface area contributed by atoms with Gasteiger partial charge >= 0.3 is 0 Å². The van der Waals surface area contributed by atoms with Gasteiger partial charge in [-0.05, 0) is 53.2 Å². The summed E-state index contributed by atoms with van der Waals surface area (Å²) < 4.78 is 1.77. The van der Waals surface area contributed by atoms with Crippen molar-refractivity contribution >= 4 is 29.4 Å². The van der Waals surface area contributed by atoms with E-state index in [1.807, 2.05) is 54.6 Å². The Morgan fingerprint density at radius 2 is 1.88 bits per heavy atom. The number of halogens is 1. The Kier molecular flexibility index (Phi) is 7.25. The molecule has 0 saturated heterocycles. The molecule has 0 atom stereocenters. The van der Waals surface area contributed by atoms with E-state index in [2.05, 4.69) is 33.0 Å². The summed E-state index contributed by atoms with van der Waals surface area (Å²) in [6.07, 6.45) is 5.25. The number of nitrogens with one attached hydrogen (secondary N) is 1. The number of benzene rings is 2. The van der Waals surface area contributed by atoms with Crippen LogP contribution in [0, 0.1) is 0 Å². The molecule has 3 rings (SSSR count). The van der Waals surface area contributed by atoms with Gasteiger partial charge in [0.1, 0.15) is 0 Å². The van der Waals surface area contributed by atoms with E-state index < -0.39 is 0 Å². The Balaban J connectivity index is 1.34. The van der Waals surface area contributed by atoms with Crippen LogP contribution in [0.2, 0.25) is 5.02 Å². The van der Waals surface area contributed by atoms with Gasteiger partial charge in [-0.3, -0.25) is 0 Å². The third-order valence-corrected chi connectivity index (χ3v) is 4.87. The topological polar surface area (TPSA) is 55.6 Å². The number of hydrogen-bond acceptors (Lipinski definition) is 5. The highest BCUT2D eigenvalue weighted by Crippen LogP contribution is 2.18. The number of thioether (sulfide) groups is 1. The van der Waals surface area contributed by atoms with Crippen molar-refractivity contribution in [3.8, 4) is 5.69 Å². The van der Waals surface area contributed by atoms with Crippen LogP contribution in [-0.4, -0.2) is 39.0 Å². The summed E-state index contributed by atoms with van der Waals surface area (Å²) in [5.41, 5.74) is 2.13. The molecule has 5 nitrogen and oxygen atoms in total. The summed E-state index contributed by atoms with van der Waals surface area (Å²) >= 11 is 7.54. The van der Waals surface area contributed by atoms with Crippen molar-refractivity contribution in [1.82, 2.24) is 25.5 Å². The third kappa shape index (κ3) is 5.69. The van der Waals surface area contributed by atoms with E-state index in [4.69, 9.17) is 11.6 Å². The van der Waals surface area contributed by atoms with Crippen molar-refractivity contribution in [2.24, 2.45) is 0 Å². The molecule has 1 N–H and O–H groups in total. The minimum atomic E-state index is 0.760. The van der Waals surface area contributed by atoms with Gasteiger partial charge in [-0.2, -0.15) is 4.68 Å². The maximum atomic E-state index is 5.87. The number of hydrogen-bond donors (Lipinski definition) is 1. The van der Waals surface area contributed by atoms with E-state index in [1.165, 1.54) is 0 Å². The molecule has 134 valence electrons. The van der Waals surface area contributed by atoms with Crippen molar-refractivity contribution in [2.75, 3.05) is 18.8 Å². The van der Waals surface area contributed by atoms with E-state index in [1.54, 1.807) is 16.4 Å². The number of tetrazole rings is 1. The number of aromatic nitrogens is 4. The lowest BCUT2D eigenvalue weighted by atomic mass is 10.2. The molecule has 0 fully saturated rings. The molecule has 0 unspecified atom stereocenters. The zero-order valence-corrected chi connectivity index (χ0v) is 15.8. The Morgan fingerprint density at radius 3 is 2.69 bits per heavy atom. The Morgan fingerprint density at radius 1 is 1.08 bits per heavy atom. The van der Waals surface area contributed by atoms with Crippen LogP contribution in [-0.2, 0) is 0 Å². The largest absolute Gasteiger partial charge is 0.313 e. The monoisotopic (exact) mass is 385 g/mol. The molecular formula is C19H20ClN5S. The molecule has 0 radical (unpaired) electrons. The first-order valence-electron chi connectivity index (χ1n) is 8.42. The standard InChI is InChI=1S/C19H20ClN5S/c20-17-11-9-16(10-12-17)6-4-13-21-14-5-15-26-19-22-23-24-25(19)18-7-2-1-3-8-18/h1-4,6-12,21H,5,13-15H2/b6-4+. The van der Waals surface area contributed by atoms with Gasteiger partial charge in [0.2, 0.25) is 5.16 Å². The van der Waals surface area contributed by atoms with Gasteiger partial charge < -0.3 is 5.32 Å². The lowest BCUT2D eigenvalue weighted by Crippen LogP contribution is -2.15. The van der Waals surface area contributed by atoms with E-state index in [0.29, 0.717) is 0 Å². The van der Waals surface area contributed by atoms with Gasteiger partial charge in [0.15, 0.2) is 0 Å². The molecule has 0 bridgehead atoms. The van der Waals surface area contributed by atoms with Gasteiger partial charge in [0.05, 0.1) is 5.69 Å². The predicted molar refractivity (Wildman–Crippen MR) is 108 cm³/mol. The van der Waals surface area contributed by atoms with Crippen LogP contribution in [0.4, 0.5) is 0 Å². The molecule has 3 aromatic rings. The first-order chi connectivity index (χ1) is 12.8. The number of para-hydroxylation sites is 1. The Hall–Kier alpha value is -2.15. The van der Waals surface area contributed by atoms with E-state index >= 15 is 0 Å². The Labute approximate surface area is 162 Å². The normalized spacial score (nSPS) is 11.3. The van der Waals surface area contributed by atoms with Crippen LogP contribution in [0.5, 0.6) is 0 Å². The fraction of sp³-hybridized carbons (Fsp3) is 0.211.